The van der Waals surface area contributed by atoms with Crippen LogP contribution in [-0.4, -0.2) is 114 Å². The highest BCUT2D eigenvalue weighted by atomic mass is 79.9. The number of carbonyl (C=O) groups excluding carboxylic acids is 6. The van der Waals surface area contributed by atoms with Crippen LogP contribution >= 0.6 is 28.6 Å². The summed E-state index contributed by atoms with van der Waals surface area (Å²) in [6, 6.07) is 60.7. The Bertz CT molecular complexity index is 3690. The number of hydroxylamine groups is 1. The lowest BCUT2D eigenvalue weighted by atomic mass is 10.1. The summed E-state index contributed by atoms with van der Waals surface area (Å²) in [6.45, 7) is 12.4. The molecular formula is C73H79BBrN5O14S. The van der Waals surface area contributed by atoms with E-state index in [2.05, 4.69) is 99.6 Å². The molecule has 0 spiro atoms. The first-order valence-electron chi connectivity index (χ1n) is 30.3. The number of rotatable bonds is 11. The van der Waals surface area contributed by atoms with Crippen LogP contribution in [0.3, 0.4) is 0 Å². The zero-order valence-corrected chi connectivity index (χ0v) is 57.0. The first-order valence-corrected chi connectivity index (χ1v) is 32.3. The monoisotopic (exact) mass is 1370 g/mol. The van der Waals surface area contributed by atoms with E-state index in [0.29, 0.717) is 51.7 Å². The predicted molar refractivity (Wildman–Crippen MR) is 376 cm³/mol. The molecule has 19 nitrogen and oxygen atoms in total. The standard InChI is InChI=1S/C18H17NO4.C18H19NO3.C17H18N2O3.C11H11NO4.C7H7Br.CH3B.CH4S/c1-12-17(20)19(11-13-6-4-3-5-7-13)15-10-14(18(21)22-2)8-9-16(15)23-12;1-13-11-19(12-14-6-4-3-5-7-14)16-10-15(18(20)21-2)8-9-17(16)22-13;1-12-10-19(11-13-5-3-2-4-6-13)15-9-14(17(20)18-21)7-8-16(15)22-12;1-6-10(13)12-8-5-7(11(14)15-2)3-4-9(8)16-6;8-6-7-4-2-1-3-5-7;2*1-2/h3-10,12H,11H2,1-2H3;3-10,13H,11-12H2,1-2H3;2-9,12,21H,10-11H2,1H3,(H,18,20);3-6H,1-2H3,(H,12,13);1-5H,6H2;1H3;2H,1H3. The van der Waals surface area contributed by atoms with Crippen molar-refractivity contribution in [3.63, 3.8) is 0 Å². The maximum atomic E-state index is 12.5. The number of halogens is 1. The minimum atomic E-state index is -0.560. The SMILES string of the molecule is BrCc1ccccc1.CC1CN(Cc2ccccc2)c2cc(C(=O)NO)ccc2O1.COC(=O)c1ccc2c(c1)N(Cc1ccccc1)C(=O)C(C)O2.COC(=O)c1ccc2c(c1)N(Cc1ccccc1)CC(C)O2.COC(=O)c1ccc2c(c1)NC(=O)C(C)O2.CS.[B]C. The molecule has 3 N–H and O–H groups in total. The number of hydrogen-bond acceptors (Lipinski definition) is 17. The maximum absolute atomic E-state index is 12.5. The Kier molecular flexibility index (Phi) is 29.6. The lowest BCUT2D eigenvalue weighted by Crippen LogP contribution is -2.44. The smallest absolute Gasteiger partial charge is 0.337 e. The highest BCUT2D eigenvalue weighted by Gasteiger charge is 2.33. The van der Waals surface area contributed by atoms with Gasteiger partial charge in [-0.15, -0.1) is 0 Å². The van der Waals surface area contributed by atoms with Gasteiger partial charge >= 0.3 is 17.9 Å². The van der Waals surface area contributed by atoms with Gasteiger partial charge in [0.2, 0.25) is 0 Å². The Morgan fingerprint density at radius 1 is 0.505 bits per heavy atom. The van der Waals surface area contributed by atoms with Crippen LogP contribution in [0, 0.1) is 0 Å². The predicted octanol–water partition coefficient (Wildman–Crippen LogP) is 13.2. The van der Waals surface area contributed by atoms with Crippen LogP contribution in [0.5, 0.6) is 23.0 Å². The molecule has 496 valence electrons. The molecule has 2 radical (unpaired) electrons. The van der Waals surface area contributed by atoms with E-state index in [9.17, 15) is 28.8 Å². The van der Waals surface area contributed by atoms with E-state index in [0.717, 1.165) is 59.9 Å². The van der Waals surface area contributed by atoms with Crippen LogP contribution in [0.4, 0.5) is 22.7 Å². The number of benzene rings is 8. The lowest BCUT2D eigenvalue weighted by molar-refractivity contribution is -0.125. The third-order valence-electron chi connectivity index (χ3n) is 14.5. The van der Waals surface area contributed by atoms with Crippen molar-refractivity contribution in [1.82, 2.24) is 5.48 Å². The van der Waals surface area contributed by atoms with E-state index in [4.69, 9.17) is 33.6 Å². The van der Waals surface area contributed by atoms with Crippen molar-refractivity contribution in [2.45, 2.75) is 83.9 Å². The summed E-state index contributed by atoms with van der Waals surface area (Å²) in [5.74, 6) is 0.584. The second kappa shape index (κ2) is 37.8. The molecule has 22 heteroatoms. The highest BCUT2D eigenvalue weighted by molar-refractivity contribution is 9.08. The number of anilines is 4. The van der Waals surface area contributed by atoms with Crippen molar-refractivity contribution in [1.29, 1.82) is 0 Å². The van der Waals surface area contributed by atoms with Crippen molar-refractivity contribution >= 4 is 94.8 Å². The highest BCUT2D eigenvalue weighted by Crippen LogP contribution is 2.39. The van der Waals surface area contributed by atoms with E-state index >= 15 is 0 Å². The van der Waals surface area contributed by atoms with E-state index in [1.807, 2.05) is 104 Å². The Morgan fingerprint density at radius 3 is 1.27 bits per heavy atom. The van der Waals surface area contributed by atoms with Crippen LogP contribution in [0.15, 0.2) is 194 Å². The molecular weight excluding hydrogens is 1290 g/mol. The Balaban J connectivity index is 0.000000190. The average Bonchev–Trinajstić information content (AvgIpc) is 0.864. The number of amides is 3. The van der Waals surface area contributed by atoms with Crippen molar-refractivity contribution in [3.8, 4) is 23.0 Å². The molecule has 4 aliphatic heterocycles. The van der Waals surface area contributed by atoms with Crippen molar-refractivity contribution in [3.05, 3.63) is 239 Å². The molecule has 4 atom stereocenters. The number of hydrogen-bond donors (Lipinski definition) is 4. The van der Waals surface area contributed by atoms with Gasteiger partial charge in [-0.1, -0.05) is 144 Å². The van der Waals surface area contributed by atoms with Gasteiger partial charge in [-0.2, -0.15) is 12.6 Å². The molecule has 4 aliphatic rings. The van der Waals surface area contributed by atoms with Gasteiger partial charge in [-0.3, -0.25) is 19.6 Å². The number of carbonyl (C=O) groups is 6. The van der Waals surface area contributed by atoms with E-state index in [-0.39, 0.29) is 30.0 Å². The Morgan fingerprint density at radius 2 is 0.863 bits per heavy atom. The molecule has 8 aromatic rings. The molecule has 3 amide bonds. The summed E-state index contributed by atoms with van der Waals surface area (Å²) in [6.07, 6.45) is 0.806. The lowest BCUT2D eigenvalue weighted by Gasteiger charge is -2.35. The van der Waals surface area contributed by atoms with Gasteiger partial charge in [-0.25, -0.2) is 19.9 Å². The molecule has 0 saturated carbocycles. The van der Waals surface area contributed by atoms with Gasteiger partial charge in [0.25, 0.3) is 17.7 Å². The summed E-state index contributed by atoms with van der Waals surface area (Å²) in [5.41, 5.74) is 11.0. The number of nitrogens with zero attached hydrogens (tertiary/aromatic N) is 3. The number of fused-ring (bicyclic) bond motifs is 4. The summed E-state index contributed by atoms with van der Waals surface area (Å²) >= 11 is 6.89. The molecule has 0 saturated heterocycles. The van der Waals surface area contributed by atoms with Crippen LogP contribution < -0.4 is 44.4 Å². The van der Waals surface area contributed by atoms with Gasteiger partial charge in [0.15, 0.2) is 12.2 Å². The maximum Gasteiger partial charge on any atom is 0.337 e. The van der Waals surface area contributed by atoms with Gasteiger partial charge in [0.05, 0.1) is 88.2 Å². The van der Waals surface area contributed by atoms with Gasteiger partial charge < -0.3 is 53.2 Å². The molecule has 0 aliphatic carbocycles. The summed E-state index contributed by atoms with van der Waals surface area (Å²) in [7, 11) is 8.52. The first kappa shape index (κ1) is 74.3. The number of nitrogens with one attached hydrogen (secondary N) is 2. The number of thiol groups is 1. The van der Waals surface area contributed by atoms with Crippen LogP contribution in [0.2, 0.25) is 6.82 Å². The van der Waals surface area contributed by atoms with Crippen molar-refractivity contribution in [2.24, 2.45) is 0 Å². The first-order chi connectivity index (χ1) is 46.0. The van der Waals surface area contributed by atoms with E-state index in [1.54, 1.807) is 85.1 Å². The second-order valence-electron chi connectivity index (χ2n) is 21.3. The topological polar surface area (TPSA) is 221 Å². The zero-order valence-electron chi connectivity index (χ0n) is 54.5. The van der Waals surface area contributed by atoms with Crippen molar-refractivity contribution in [2.75, 3.05) is 60.7 Å². The fraction of sp³-hybridized carbons (Fsp3) is 0.260. The molecule has 0 aromatic heterocycles. The third kappa shape index (κ3) is 21.1. The van der Waals surface area contributed by atoms with Crippen molar-refractivity contribution < 1.29 is 67.1 Å². The minimum absolute atomic E-state index is 0.0775. The molecule has 4 unspecified atom stereocenters. The van der Waals surface area contributed by atoms with Gasteiger partial charge in [0.1, 0.15) is 35.2 Å². The van der Waals surface area contributed by atoms with Crippen LogP contribution in [0.1, 0.15) is 91.4 Å². The van der Waals surface area contributed by atoms with E-state index < -0.39 is 30.1 Å². The summed E-state index contributed by atoms with van der Waals surface area (Å²) in [5, 5.41) is 12.4. The fourth-order valence-electron chi connectivity index (χ4n) is 10.0. The zero-order chi connectivity index (χ0) is 69.0. The minimum Gasteiger partial charge on any atom is -0.487 e. The Labute approximate surface area is 570 Å². The van der Waals surface area contributed by atoms with Gasteiger partial charge in [0, 0.05) is 24.0 Å². The normalized spacial score (nSPS) is 15.6. The quantitative estimate of drug-likeness (QED) is 0.0180. The molecule has 8 aromatic carbocycles. The summed E-state index contributed by atoms with van der Waals surface area (Å²) in [4.78, 5) is 76.3. The number of methoxy groups -OCH3 is 3. The van der Waals surface area contributed by atoms with Gasteiger partial charge in [-0.05, 0) is 129 Å². The third-order valence-corrected chi connectivity index (χ3v) is 15.2. The number of ether oxygens (including phenoxy) is 7. The molecule has 95 heavy (non-hydrogen) atoms. The van der Waals surface area contributed by atoms with Crippen LogP contribution in [0.25, 0.3) is 0 Å². The largest absolute Gasteiger partial charge is 0.487 e. The second-order valence-corrected chi connectivity index (χ2v) is 21.9. The summed E-state index contributed by atoms with van der Waals surface area (Å²) < 4.78 is 36.8. The number of esters is 3. The molecule has 12 rings (SSSR count). The molecule has 0 fully saturated rings. The number of alkyl halides is 1. The fourth-order valence-corrected chi connectivity index (χ4v) is 10.4. The Hall–Kier alpha value is -9.77. The average molecular weight is 1370 g/mol. The molecule has 4 heterocycles. The molecule has 0 bridgehead atoms. The van der Waals surface area contributed by atoms with E-state index in [1.165, 1.54) is 50.9 Å². The van der Waals surface area contributed by atoms with Crippen LogP contribution in [-0.2, 0) is 48.8 Å².